The Kier molecular flexibility index (Phi) is 20.4. The number of aliphatic carboxylic acids is 2. The van der Waals surface area contributed by atoms with Crippen LogP contribution in [0.3, 0.4) is 0 Å². The largest absolute Gasteiger partial charge is 0.507 e. The molecule has 0 aliphatic rings. The van der Waals surface area contributed by atoms with Crippen LogP contribution in [0.15, 0.2) is 12.1 Å². The summed E-state index contributed by atoms with van der Waals surface area (Å²) in [6, 6.07) is 3.90. The van der Waals surface area contributed by atoms with E-state index in [2.05, 4.69) is 6.92 Å². The van der Waals surface area contributed by atoms with Crippen molar-refractivity contribution in [3.63, 3.8) is 0 Å². The number of phenolic OH excluding ortho intramolecular Hbond substituents is 1. The molecule has 0 saturated carbocycles. The van der Waals surface area contributed by atoms with E-state index in [1.807, 2.05) is 12.1 Å². The molecule has 1 aromatic rings. The van der Waals surface area contributed by atoms with E-state index >= 15 is 0 Å². The Morgan fingerprint density at radius 1 is 0.781 bits per heavy atom. The molecule has 0 spiro atoms. The number of rotatable bonds is 16. The summed E-state index contributed by atoms with van der Waals surface area (Å²) in [4.78, 5) is 25.2. The summed E-state index contributed by atoms with van der Waals surface area (Å²) in [7, 11) is 3.40. The molecule has 0 aliphatic carbocycles. The van der Waals surface area contributed by atoms with Crippen LogP contribution in [-0.2, 0) is 29.1 Å². The smallest absolute Gasteiger partial charge is 0.317 e. The van der Waals surface area contributed by atoms with E-state index in [4.69, 9.17) is 10.2 Å². The Bertz CT molecular complexity index is 643. The molecule has 172 valence electrons. The Hall–Kier alpha value is -0.120. The zero-order chi connectivity index (χ0) is 22.5. The molecule has 0 atom stereocenters. The van der Waals surface area contributed by atoms with Gasteiger partial charge >= 0.3 is 11.9 Å². The van der Waals surface area contributed by atoms with Crippen LogP contribution in [0.5, 0.6) is 5.75 Å². The van der Waals surface area contributed by atoms with Crippen LogP contribution >= 0.6 is 0 Å². The number of phenols is 1. The number of nitrogens with zero attached hydrogens (tertiary/aromatic N) is 2. The molecule has 0 aliphatic heterocycles. The van der Waals surface area contributed by atoms with Gasteiger partial charge in [-0.2, -0.15) is 0 Å². The molecule has 0 fully saturated rings. The molecular formula is C23H38N2Na2O5. The summed E-state index contributed by atoms with van der Waals surface area (Å²) in [5, 5.41) is 28.7. The monoisotopic (exact) mass is 468 g/mol. The quantitative estimate of drug-likeness (QED) is 0.253. The molecule has 7 nitrogen and oxygen atoms in total. The molecule has 2 radical (unpaired) electrons. The van der Waals surface area contributed by atoms with Gasteiger partial charge in [0.15, 0.2) is 0 Å². The number of likely N-dealkylation sites (N-methyl/N-ethyl adjacent to an activating group) is 2. The molecule has 0 saturated heterocycles. The minimum atomic E-state index is -0.919. The number of carboxylic acid groups (broad SMARTS) is 2. The minimum Gasteiger partial charge on any atom is -0.507 e. The first-order valence-electron chi connectivity index (χ1n) is 10.9. The van der Waals surface area contributed by atoms with Crippen molar-refractivity contribution in [1.82, 2.24) is 9.80 Å². The van der Waals surface area contributed by atoms with Crippen molar-refractivity contribution in [2.45, 2.75) is 71.4 Å². The molecule has 0 aromatic heterocycles. The van der Waals surface area contributed by atoms with Gasteiger partial charge in [0, 0.05) is 83.3 Å². The van der Waals surface area contributed by atoms with Gasteiger partial charge in [-0.25, -0.2) is 0 Å². The van der Waals surface area contributed by atoms with Gasteiger partial charge in [-0.1, -0.05) is 57.6 Å². The van der Waals surface area contributed by atoms with Crippen molar-refractivity contribution >= 4 is 71.1 Å². The van der Waals surface area contributed by atoms with E-state index in [1.165, 1.54) is 32.1 Å². The fourth-order valence-corrected chi connectivity index (χ4v) is 3.66. The summed E-state index contributed by atoms with van der Waals surface area (Å²) in [5.41, 5.74) is 2.45. The number of hydrogen-bond acceptors (Lipinski definition) is 5. The van der Waals surface area contributed by atoms with E-state index in [-0.39, 0.29) is 78.0 Å². The first-order chi connectivity index (χ1) is 14.2. The Morgan fingerprint density at radius 2 is 1.19 bits per heavy atom. The van der Waals surface area contributed by atoms with Crippen LogP contribution in [0.25, 0.3) is 0 Å². The van der Waals surface area contributed by atoms with E-state index in [9.17, 15) is 14.7 Å². The second kappa shape index (κ2) is 19.2. The number of aromatic hydroxyl groups is 1. The predicted molar refractivity (Wildman–Crippen MR) is 129 cm³/mol. The van der Waals surface area contributed by atoms with Crippen LogP contribution in [0.1, 0.15) is 68.6 Å². The Labute approximate surface area is 237 Å². The molecule has 0 bridgehead atoms. The molecule has 0 heterocycles. The third-order valence-corrected chi connectivity index (χ3v) is 5.09. The number of hydrogen-bond donors (Lipinski definition) is 3. The first-order valence-corrected chi connectivity index (χ1v) is 10.9. The molecule has 32 heavy (non-hydrogen) atoms. The van der Waals surface area contributed by atoms with Crippen LogP contribution < -0.4 is 0 Å². The topological polar surface area (TPSA) is 101 Å². The average molecular weight is 469 g/mol. The summed E-state index contributed by atoms with van der Waals surface area (Å²) >= 11 is 0. The van der Waals surface area contributed by atoms with E-state index in [0.29, 0.717) is 24.2 Å². The number of benzene rings is 1. The van der Waals surface area contributed by atoms with Gasteiger partial charge in [-0.15, -0.1) is 0 Å². The van der Waals surface area contributed by atoms with Crippen molar-refractivity contribution in [2.24, 2.45) is 0 Å². The van der Waals surface area contributed by atoms with E-state index < -0.39 is 11.9 Å². The zero-order valence-corrected chi connectivity index (χ0v) is 24.7. The third-order valence-electron chi connectivity index (χ3n) is 5.09. The van der Waals surface area contributed by atoms with Crippen LogP contribution in [0.4, 0.5) is 0 Å². The van der Waals surface area contributed by atoms with E-state index in [1.54, 1.807) is 23.9 Å². The van der Waals surface area contributed by atoms with Gasteiger partial charge in [0.25, 0.3) is 0 Å². The fraction of sp³-hybridized carbons (Fsp3) is 0.652. The van der Waals surface area contributed by atoms with Crippen molar-refractivity contribution in [3.8, 4) is 5.75 Å². The Balaban J connectivity index is 0. The average Bonchev–Trinajstić information content (AvgIpc) is 2.63. The number of aryl methyl sites for hydroxylation is 1. The maximum absolute atomic E-state index is 11.0. The molecular weight excluding hydrogens is 430 g/mol. The molecule has 1 rings (SSSR count). The summed E-state index contributed by atoms with van der Waals surface area (Å²) < 4.78 is 0. The second-order valence-corrected chi connectivity index (χ2v) is 8.27. The minimum absolute atomic E-state index is 0. The molecule has 9 heteroatoms. The third kappa shape index (κ3) is 14.9. The zero-order valence-electron chi connectivity index (χ0n) is 20.7. The van der Waals surface area contributed by atoms with Crippen LogP contribution in [-0.4, -0.2) is 123 Å². The van der Waals surface area contributed by atoms with Gasteiger partial charge in [-0.3, -0.25) is 19.4 Å². The number of carbonyl (C=O) groups is 2. The number of unbranched alkanes of at least 4 members (excludes halogenated alkanes) is 6. The predicted octanol–water partition coefficient (Wildman–Crippen LogP) is 2.96. The van der Waals surface area contributed by atoms with Gasteiger partial charge in [0.1, 0.15) is 5.75 Å². The van der Waals surface area contributed by atoms with Crippen LogP contribution in [0, 0.1) is 0 Å². The molecule has 3 N–H and O–H groups in total. The van der Waals surface area contributed by atoms with E-state index in [0.717, 1.165) is 24.8 Å². The number of carboxylic acids is 2. The molecule has 0 amide bonds. The van der Waals surface area contributed by atoms with Crippen molar-refractivity contribution < 1.29 is 24.9 Å². The summed E-state index contributed by atoms with van der Waals surface area (Å²) in [6.45, 7) is 2.62. The van der Waals surface area contributed by atoms with Gasteiger partial charge in [0.2, 0.25) is 0 Å². The van der Waals surface area contributed by atoms with Gasteiger partial charge < -0.3 is 15.3 Å². The SMILES string of the molecule is CCCCCCCCCc1cc(CN(C)CC(=O)O)c(O)c(CN(C)CC(=O)O)c1.[Na].[Na]. The fourth-order valence-electron chi connectivity index (χ4n) is 3.66. The van der Waals surface area contributed by atoms with Crippen LogP contribution in [0.2, 0.25) is 0 Å². The van der Waals surface area contributed by atoms with Crippen molar-refractivity contribution in [3.05, 3.63) is 28.8 Å². The summed E-state index contributed by atoms with van der Waals surface area (Å²) in [5.74, 6) is -1.72. The van der Waals surface area contributed by atoms with Gasteiger partial charge in [-0.05, 0) is 32.5 Å². The maximum atomic E-state index is 11.0. The van der Waals surface area contributed by atoms with Crippen molar-refractivity contribution in [1.29, 1.82) is 0 Å². The van der Waals surface area contributed by atoms with Crippen molar-refractivity contribution in [2.75, 3.05) is 27.2 Å². The standard InChI is InChI=1S/C23H38N2O5.2Na/c1-4-5-6-7-8-9-10-11-18-12-19(14-24(2)16-21(26)27)23(30)20(13-18)15-25(3)17-22(28)29;;/h12-13,30H,4-11,14-17H2,1-3H3,(H,26,27)(H,28,29);;. The molecule has 1 aromatic carbocycles. The second-order valence-electron chi connectivity index (χ2n) is 8.27. The maximum Gasteiger partial charge on any atom is 0.317 e. The first kappa shape index (κ1) is 34.0. The normalized spacial score (nSPS) is 10.7. The van der Waals surface area contributed by atoms with Gasteiger partial charge in [0.05, 0.1) is 13.1 Å². The Morgan fingerprint density at radius 3 is 1.59 bits per heavy atom. The summed E-state index contributed by atoms with van der Waals surface area (Å²) in [6.07, 6.45) is 9.42. The molecule has 0 unspecified atom stereocenters.